The molecule has 0 saturated heterocycles. The fourth-order valence-corrected chi connectivity index (χ4v) is 1.14. The third kappa shape index (κ3) is 2.29. The van der Waals surface area contributed by atoms with Crippen LogP contribution < -0.4 is 19.9 Å². The van der Waals surface area contributed by atoms with Crippen molar-refractivity contribution in [2.24, 2.45) is 5.73 Å². The molecule has 0 spiro atoms. The molecule has 0 radical (unpaired) electrons. The van der Waals surface area contributed by atoms with Crippen LogP contribution in [0.15, 0.2) is 18.2 Å². The average Bonchev–Trinajstić information content (AvgIpc) is 2.25. The molecule has 0 fully saturated rings. The Labute approximate surface area is 83.6 Å². The lowest BCUT2D eigenvalue weighted by molar-refractivity contribution is 0.290. The minimum atomic E-state index is 0.462. The van der Waals surface area contributed by atoms with Gasteiger partial charge in [0.1, 0.15) is 6.61 Å². The summed E-state index contributed by atoms with van der Waals surface area (Å²) in [7, 11) is 3.16. The molecule has 2 N–H and O–H groups in total. The van der Waals surface area contributed by atoms with E-state index < -0.39 is 0 Å². The normalized spacial score (nSPS) is 9.64. The van der Waals surface area contributed by atoms with Gasteiger partial charge in [0.05, 0.1) is 14.2 Å². The zero-order valence-corrected chi connectivity index (χ0v) is 8.45. The van der Waals surface area contributed by atoms with Gasteiger partial charge in [-0.25, -0.2) is 0 Å². The number of para-hydroxylation sites is 1. The Bertz CT molecular complexity index is 289. The highest BCUT2D eigenvalue weighted by Crippen LogP contribution is 2.36. The molecular weight excluding hydrogens is 182 g/mol. The molecule has 0 aliphatic rings. The fourth-order valence-electron chi connectivity index (χ4n) is 1.14. The van der Waals surface area contributed by atoms with Gasteiger partial charge in [-0.05, 0) is 12.1 Å². The van der Waals surface area contributed by atoms with Gasteiger partial charge < -0.3 is 19.9 Å². The van der Waals surface area contributed by atoms with E-state index in [-0.39, 0.29) is 0 Å². The average molecular weight is 197 g/mol. The molecule has 0 atom stereocenters. The summed E-state index contributed by atoms with van der Waals surface area (Å²) in [6.07, 6.45) is 0. The molecule has 0 heterocycles. The Morgan fingerprint density at radius 1 is 1.14 bits per heavy atom. The Morgan fingerprint density at radius 3 is 2.43 bits per heavy atom. The molecule has 0 aliphatic carbocycles. The van der Waals surface area contributed by atoms with E-state index in [4.69, 9.17) is 19.9 Å². The SMILES string of the molecule is COc1cccc(OCCN)c1OC. The second-order valence-electron chi connectivity index (χ2n) is 2.63. The number of ether oxygens (including phenoxy) is 3. The predicted molar refractivity (Wildman–Crippen MR) is 54.1 cm³/mol. The van der Waals surface area contributed by atoms with Gasteiger partial charge in [0.15, 0.2) is 11.5 Å². The van der Waals surface area contributed by atoms with Crippen molar-refractivity contribution in [1.29, 1.82) is 0 Å². The van der Waals surface area contributed by atoms with Gasteiger partial charge >= 0.3 is 0 Å². The first kappa shape index (κ1) is 10.7. The number of hydrogen-bond donors (Lipinski definition) is 1. The summed E-state index contributed by atoms with van der Waals surface area (Å²) in [5, 5.41) is 0. The molecular formula is C10H15NO3. The van der Waals surface area contributed by atoms with E-state index in [0.29, 0.717) is 30.4 Å². The molecule has 0 bridgehead atoms. The van der Waals surface area contributed by atoms with Gasteiger partial charge in [-0.1, -0.05) is 6.07 Å². The molecule has 0 amide bonds. The quantitative estimate of drug-likeness (QED) is 0.766. The van der Waals surface area contributed by atoms with Crippen molar-refractivity contribution >= 4 is 0 Å². The van der Waals surface area contributed by atoms with Crippen LogP contribution in [0.2, 0.25) is 0 Å². The second-order valence-corrected chi connectivity index (χ2v) is 2.63. The largest absolute Gasteiger partial charge is 0.493 e. The number of hydrogen-bond acceptors (Lipinski definition) is 4. The molecule has 4 heteroatoms. The summed E-state index contributed by atoms with van der Waals surface area (Å²) >= 11 is 0. The highest BCUT2D eigenvalue weighted by molar-refractivity contribution is 5.50. The summed E-state index contributed by atoms with van der Waals surface area (Å²) in [5.74, 6) is 1.91. The van der Waals surface area contributed by atoms with Gasteiger partial charge in [-0.3, -0.25) is 0 Å². The van der Waals surface area contributed by atoms with Crippen molar-refractivity contribution in [1.82, 2.24) is 0 Å². The van der Waals surface area contributed by atoms with Gasteiger partial charge in [0.25, 0.3) is 0 Å². The van der Waals surface area contributed by atoms with Crippen molar-refractivity contribution in [3.63, 3.8) is 0 Å². The number of methoxy groups -OCH3 is 2. The molecule has 0 aliphatic heterocycles. The highest BCUT2D eigenvalue weighted by Gasteiger charge is 2.09. The van der Waals surface area contributed by atoms with Gasteiger partial charge in [-0.2, -0.15) is 0 Å². The van der Waals surface area contributed by atoms with Crippen LogP contribution in [0.4, 0.5) is 0 Å². The van der Waals surface area contributed by atoms with Gasteiger partial charge in [0, 0.05) is 6.54 Å². The maximum Gasteiger partial charge on any atom is 0.203 e. The summed E-state index contributed by atoms with van der Waals surface area (Å²) in [6, 6.07) is 5.47. The van der Waals surface area contributed by atoms with E-state index in [1.165, 1.54) is 0 Å². The summed E-state index contributed by atoms with van der Waals surface area (Å²) in [5.41, 5.74) is 5.34. The maximum atomic E-state index is 5.39. The van der Waals surface area contributed by atoms with E-state index >= 15 is 0 Å². The van der Waals surface area contributed by atoms with Crippen LogP contribution in [0, 0.1) is 0 Å². The van der Waals surface area contributed by atoms with Crippen LogP contribution in [0.3, 0.4) is 0 Å². The second kappa shape index (κ2) is 5.34. The lowest BCUT2D eigenvalue weighted by Gasteiger charge is -2.12. The fraction of sp³-hybridized carbons (Fsp3) is 0.400. The number of benzene rings is 1. The molecule has 78 valence electrons. The van der Waals surface area contributed by atoms with Crippen LogP contribution in [-0.4, -0.2) is 27.4 Å². The summed E-state index contributed by atoms with van der Waals surface area (Å²) in [6.45, 7) is 0.934. The Balaban J connectivity index is 2.90. The molecule has 1 aromatic rings. The van der Waals surface area contributed by atoms with Gasteiger partial charge in [-0.15, -0.1) is 0 Å². The standard InChI is InChI=1S/C10H15NO3/c1-12-8-4-3-5-9(10(8)13-2)14-7-6-11/h3-5H,6-7,11H2,1-2H3. The third-order valence-electron chi connectivity index (χ3n) is 1.74. The zero-order valence-electron chi connectivity index (χ0n) is 8.45. The zero-order chi connectivity index (χ0) is 10.4. The molecule has 14 heavy (non-hydrogen) atoms. The van der Waals surface area contributed by atoms with E-state index in [1.807, 2.05) is 18.2 Å². The Morgan fingerprint density at radius 2 is 1.86 bits per heavy atom. The Hall–Kier alpha value is -1.42. The lowest BCUT2D eigenvalue weighted by atomic mass is 10.3. The lowest BCUT2D eigenvalue weighted by Crippen LogP contribution is -2.11. The first-order chi connectivity index (χ1) is 6.83. The number of rotatable bonds is 5. The van der Waals surface area contributed by atoms with Crippen LogP contribution in [0.25, 0.3) is 0 Å². The summed E-state index contributed by atoms with van der Waals surface area (Å²) in [4.78, 5) is 0. The molecule has 1 aromatic carbocycles. The smallest absolute Gasteiger partial charge is 0.203 e. The molecule has 4 nitrogen and oxygen atoms in total. The third-order valence-corrected chi connectivity index (χ3v) is 1.74. The van der Waals surface area contributed by atoms with E-state index in [0.717, 1.165) is 0 Å². The van der Waals surface area contributed by atoms with Crippen LogP contribution in [0.1, 0.15) is 0 Å². The van der Waals surface area contributed by atoms with Crippen molar-refractivity contribution < 1.29 is 14.2 Å². The molecule has 0 saturated carbocycles. The van der Waals surface area contributed by atoms with E-state index in [9.17, 15) is 0 Å². The highest BCUT2D eigenvalue weighted by atomic mass is 16.5. The molecule has 0 unspecified atom stereocenters. The minimum absolute atomic E-state index is 0.462. The monoisotopic (exact) mass is 197 g/mol. The number of nitrogens with two attached hydrogens (primary N) is 1. The van der Waals surface area contributed by atoms with E-state index in [1.54, 1.807) is 14.2 Å². The van der Waals surface area contributed by atoms with Crippen LogP contribution in [0.5, 0.6) is 17.2 Å². The topological polar surface area (TPSA) is 53.7 Å². The first-order valence-corrected chi connectivity index (χ1v) is 4.37. The van der Waals surface area contributed by atoms with Crippen LogP contribution >= 0.6 is 0 Å². The first-order valence-electron chi connectivity index (χ1n) is 4.37. The summed E-state index contributed by atoms with van der Waals surface area (Å²) < 4.78 is 15.7. The molecule has 1 rings (SSSR count). The predicted octanol–water partition coefficient (Wildman–Crippen LogP) is 1.04. The van der Waals surface area contributed by atoms with Gasteiger partial charge in [0.2, 0.25) is 5.75 Å². The maximum absolute atomic E-state index is 5.39. The van der Waals surface area contributed by atoms with Crippen molar-refractivity contribution in [3.05, 3.63) is 18.2 Å². The van der Waals surface area contributed by atoms with Crippen molar-refractivity contribution in [3.8, 4) is 17.2 Å². The minimum Gasteiger partial charge on any atom is -0.493 e. The van der Waals surface area contributed by atoms with Crippen molar-refractivity contribution in [2.45, 2.75) is 0 Å². The molecule has 0 aromatic heterocycles. The van der Waals surface area contributed by atoms with E-state index in [2.05, 4.69) is 0 Å². The van der Waals surface area contributed by atoms with Crippen molar-refractivity contribution in [2.75, 3.05) is 27.4 Å². The van der Waals surface area contributed by atoms with Crippen LogP contribution in [-0.2, 0) is 0 Å². The Kier molecular flexibility index (Phi) is 4.07.